The number of nitrogens with one attached hydrogen (secondary N) is 2. The number of amides is 1. The van der Waals surface area contributed by atoms with Crippen LogP contribution in [0.2, 0.25) is 0 Å². The molecule has 1 aromatic heterocycles. The van der Waals surface area contributed by atoms with E-state index in [1.807, 2.05) is 0 Å². The summed E-state index contributed by atoms with van der Waals surface area (Å²) in [7, 11) is 0. The number of non-ortho nitro benzene ring substituents is 1. The summed E-state index contributed by atoms with van der Waals surface area (Å²) in [6.07, 6.45) is 1.86. The summed E-state index contributed by atoms with van der Waals surface area (Å²) in [4.78, 5) is 41.4. The average molecular weight is 332 g/mol. The molecular formula is C14H12N4O4S. The number of hydrogen-bond acceptors (Lipinski definition) is 6. The van der Waals surface area contributed by atoms with E-state index in [0.717, 1.165) is 0 Å². The Morgan fingerprint density at radius 3 is 2.61 bits per heavy atom. The van der Waals surface area contributed by atoms with Crippen LogP contribution in [-0.4, -0.2) is 27.1 Å². The van der Waals surface area contributed by atoms with Crippen molar-refractivity contribution in [1.82, 2.24) is 9.97 Å². The lowest BCUT2D eigenvalue weighted by Gasteiger charge is -2.24. The van der Waals surface area contributed by atoms with Crippen molar-refractivity contribution in [3.05, 3.63) is 55.9 Å². The van der Waals surface area contributed by atoms with E-state index in [1.54, 1.807) is 18.4 Å². The quantitative estimate of drug-likeness (QED) is 0.383. The molecule has 0 radical (unpaired) electrons. The second-order valence-corrected chi connectivity index (χ2v) is 5.79. The van der Waals surface area contributed by atoms with Gasteiger partial charge in [0.05, 0.1) is 10.5 Å². The molecule has 2 N–H and O–H groups in total. The number of fused-ring (bicyclic) bond motifs is 1. The Kier molecular flexibility index (Phi) is 3.87. The third-order valence-corrected chi connectivity index (χ3v) is 4.21. The highest BCUT2D eigenvalue weighted by Gasteiger charge is 2.31. The molecule has 118 valence electrons. The van der Waals surface area contributed by atoms with Crippen LogP contribution >= 0.6 is 11.8 Å². The minimum absolute atomic E-state index is 0.0426. The Labute approximate surface area is 134 Å². The molecule has 0 saturated carbocycles. The topological polar surface area (TPSA) is 118 Å². The summed E-state index contributed by atoms with van der Waals surface area (Å²) in [5.41, 5.74) is 0.675. The molecule has 0 aliphatic carbocycles. The van der Waals surface area contributed by atoms with Crippen molar-refractivity contribution in [2.75, 3.05) is 11.6 Å². The smallest absolute Gasteiger partial charge is 0.269 e. The van der Waals surface area contributed by atoms with Gasteiger partial charge in [-0.3, -0.25) is 19.7 Å². The lowest BCUT2D eigenvalue weighted by atomic mass is 9.87. The van der Waals surface area contributed by atoms with Gasteiger partial charge in [-0.1, -0.05) is 23.9 Å². The normalized spacial score (nSPS) is 16.6. The van der Waals surface area contributed by atoms with Gasteiger partial charge in [0.2, 0.25) is 5.91 Å². The molecule has 1 aromatic carbocycles. The van der Waals surface area contributed by atoms with Crippen LogP contribution in [0, 0.1) is 10.1 Å². The molecule has 1 amide bonds. The first-order valence-corrected chi connectivity index (χ1v) is 7.94. The number of rotatable bonds is 3. The zero-order chi connectivity index (χ0) is 16.6. The standard InChI is InChI=1S/C14H12N4O4S/c1-23-14-16-12-11(13(20)17-14)9(6-10(19)15-12)7-2-4-8(5-3-7)18(21)22/h2-5,9H,6H2,1H3,(H2,15,16,17,19,20). The van der Waals surface area contributed by atoms with E-state index in [-0.39, 0.29) is 29.4 Å². The van der Waals surface area contributed by atoms with E-state index in [1.165, 1.54) is 23.9 Å². The second kappa shape index (κ2) is 5.84. The summed E-state index contributed by atoms with van der Waals surface area (Å²) in [6.45, 7) is 0. The highest BCUT2D eigenvalue weighted by molar-refractivity contribution is 7.98. The van der Waals surface area contributed by atoms with Crippen LogP contribution in [0.25, 0.3) is 0 Å². The van der Waals surface area contributed by atoms with E-state index in [2.05, 4.69) is 15.3 Å². The van der Waals surface area contributed by atoms with Crippen LogP contribution in [0.3, 0.4) is 0 Å². The van der Waals surface area contributed by atoms with Gasteiger partial charge in [-0.15, -0.1) is 0 Å². The van der Waals surface area contributed by atoms with E-state index in [9.17, 15) is 19.7 Å². The molecule has 1 unspecified atom stereocenters. The van der Waals surface area contributed by atoms with Gasteiger partial charge in [0.1, 0.15) is 5.82 Å². The lowest BCUT2D eigenvalue weighted by molar-refractivity contribution is -0.384. The molecule has 0 saturated heterocycles. The van der Waals surface area contributed by atoms with Crippen molar-refractivity contribution < 1.29 is 9.72 Å². The molecule has 1 atom stereocenters. The highest BCUT2D eigenvalue weighted by atomic mass is 32.2. The fraction of sp³-hybridized carbons (Fsp3) is 0.214. The van der Waals surface area contributed by atoms with Crippen LogP contribution in [0.4, 0.5) is 11.5 Å². The first-order chi connectivity index (χ1) is 11.0. The van der Waals surface area contributed by atoms with Crippen molar-refractivity contribution in [1.29, 1.82) is 0 Å². The number of aromatic amines is 1. The number of anilines is 1. The number of nitro groups is 1. The first-order valence-electron chi connectivity index (χ1n) is 6.72. The number of nitro benzene ring substituents is 1. The molecule has 1 aliphatic heterocycles. The summed E-state index contributed by atoms with van der Waals surface area (Å²) in [5, 5.41) is 13.8. The zero-order valence-electron chi connectivity index (χ0n) is 12.0. The largest absolute Gasteiger partial charge is 0.310 e. The molecule has 3 rings (SSSR count). The Balaban J connectivity index is 2.10. The SMILES string of the molecule is CSc1nc2c(c(=O)[nH]1)C(c1ccc([N+](=O)[O-])cc1)CC(=O)N2. The van der Waals surface area contributed by atoms with E-state index >= 15 is 0 Å². The summed E-state index contributed by atoms with van der Waals surface area (Å²) in [6, 6.07) is 5.85. The summed E-state index contributed by atoms with van der Waals surface area (Å²) < 4.78 is 0. The minimum atomic E-state index is -0.496. The Morgan fingerprint density at radius 2 is 2.00 bits per heavy atom. The highest BCUT2D eigenvalue weighted by Crippen LogP contribution is 2.34. The fourth-order valence-electron chi connectivity index (χ4n) is 2.56. The number of carbonyl (C=O) groups is 1. The van der Waals surface area contributed by atoms with Crippen molar-refractivity contribution in [3.8, 4) is 0 Å². The third-order valence-electron chi connectivity index (χ3n) is 3.63. The maximum Gasteiger partial charge on any atom is 0.269 e. The van der Waals surface area contributed by atoms with Gasteiger partial charge in [-0.2, -0.15) is 0 Å². The van der Waals surface area contributed by atoms with Crippen LogP contribution < -0.4 is 10.9 Å². The Morgan fingerprint density at radius 1 is 1.30 bits per heavy atom. The molecule has 9 heteroatoms. The Bertz CT molecular complexity index is 847. The minimum Gasteiger partial charge on any atom is -0.310 e. The van der Waals surface area contributed by atoms with Gasteiger partial charge in [0.25, 0.3) is 11.2 Å². The number of carbonyl (C=O) groups excluding carboxylic acids is 1. The van der Waals surface area contributed by atoms with Crippen molar-refractivity contribution in [2.24, 2.45) is 0 Å². The fourth-order valence-corrected chi connectivity index (χ4v) is 2.94. The molecule has 0 spiro atoms. The van der Waals surface area contributed by atoms with Crippen molar-refractivity contribution >= 4 is 29.2 Å². The predicted octanol–water partition coefficient (Wildman–Crippen LogP) is 1.87. The van der Waals surface area contributed by atoms with Gasteiger partial charge in [-0.05, 0) is 11.8 Å². The van der Waals surface area contributed by atoms with Crippen LogP contribution in [0.5, 0.6) is 0 Å². The predicted molar refractivity (Wildman–Crippen MR) is 84.8 cm³/mol. The van der Waals surface area contributed by atoms with E-state index < -0.39 is 10.8 Å². The van der Waals surface area contributed by atoms with Crippen LogP contribution in [0.15, 0.2) is 34.2 Å². The third kappa shape index (κ3) is 2.82. The number of H-pyrrole nitrogens is 1. The van der Waals surface area contributed by atoms with Gasteiger partial charge in [0, 0.05) is 24.5 Å². The number of hydrogen-bond donors (Lipinski definition) is 2. The molecule has 0 bridgehead atoms. The number of benzene rings is 1. The molecular weight excluding hydrogens is 320 g/mol. The van der Waals surface area contributed by atoms with Gasteiger partial charge in [0.15, 0.2) is 5.16 Å². The Hall–Kier alpha value is -2.68. The number of aromatic nitrogens is 2. The number of thioether (sulfide) groups is 1. The van der Waals surface area contributed by atoms with E-state index in [0.29, 0.717) is 16.3 Å². The average Bonchev–Trinajstić information content (AvgIpc) is 2.53. The summed E-state index contributed by atoms with van der Waals surface area (Å²) >= 11 is 1.27. The molecule has 2 heterocycles. The van der Waals surface area contributed by atoms with Crippen molar-refractivity contribution in [2.45, 2.75) is 17.5 Å². The molecule has 0 fully saturated rings. The van der Waals surface area contributed by atoms with Gasteiger partial charge < -0.3 is 10.3 Å². The second-order valence-electron chi connectivity index (χ2n) is 4.99. The van der Waals surface area contributed by atoms with E-state index in [4.69, 9.17) is 0 Å². The maximum atomic E-state index is 12.3. The molecule has 2 aromatic rings. The maximum absolute atomic E-state index is 12.3. The lowest BCUT2D eigenvalue weighted by Crippen LogP contribution is -2.31. The zero-order valence-corrected chi connectivity index (χ0v) is 12.8. The molecule has 1 aliphatic rings. The van der Waals surface area contributed by atoms with Gasteiger partial charge >= 0.3 is 0 Å². The monoisotopic (exact) mass is 332 g/mol. The van der Waals surface area contributed by atoms with Crippen LogP contribution in [0.1, 0.15) is 23.5 Å². The van der Waals surface area contributed by atoms with Crippen molar-refractivity contribution in [3.63, 3.8) is 0 Å². The molecule has 23 heavy (non-hydrogen) atoms. The number of nitrogens with zero attached hydrogens (tertiary/aromatic N) is 2. The summed E-state index contributed by atoms with van der Waals surface area (Å²) in [5.74, 6) is -0.476. The molecule has 8 nitrogen and oxygen atoms in total. The first kappa shape index (κ1) is 15.2. The van der Waals surface area contributed by atoms with Crippen LogP contribution in [-0.2, 0) is 4.79 Å². The van der Waals surface area contributed by atoms with Gasteiger partial charge in [-0.25, -0.2) is 4.98 Å².